The molecule has 3 aromatic carbocycles. The smallest absolute Gasteiger partial charge is 0.181 e. The second kappa shape index (κ2) is 9.23. The zero-order chi connectivity index (χ0) is 25.7. The maximum atomic E-state index is 14.9. The molecule has 0 amide bonds. The van der Waals surface area contributed by atoms with Crippen LogP contribution in [0.1, 0.15) is 64.6 Å². The molecule has 1 aliphatic rings. The van der Waals surface area contributed by atoms with Gasteiger partial charge in [-0.3, -0.25) is 0 Å². The van der Waals surface area contributed by atoms with E-state index in [0.29, 0.717) is 32.9 Å². The molecule has 8 heteroatoms. The number of alkyl halides is 2. The van der Waals surface area contributed by atoms with Gasteiger partial charge in [0.2, 0.25) is 0 Å². The number of thiazole rings is 1. The molecule has 1 heterocycles. The Labute approximate surface area is 210 Å². The van der Waals surface area contributed by atoms with Crippen molar-refractivity contribution in [2.45, 2.75) is 51.6 Å². The second-order valence-corrected chi connectivity index (χ2v) is 10.2. The summed E-state index contributed by atoms with van der Waals surface area (Å²) in [5.74, 6) is -0.671. The summed E-state index contributed by atoms with van der Waals surface area (Å²) in [4.78, 5) is 4.32. The van der Waals surface area contributed by atoms with Gasteiger partial charge in [-0.2, -0.15) is 5.26 Å². The number of anilines is 1. The van der Waals surface area contributed by atoms with Crippen molar-refractivity contribution >= 4 is 26.7 Å². The summed E-state index contributed by atoms with van der Waals surface area (Å²) in [5, 5.41) is 20.9. The van der Waals surface area contributed by atoms with Crippen molar-refractivity contribution in [2.75, 3.05) is 5.73 Å². The van der Waals surface area contributed by atoms with Gasteiger partial charge >= 0.3 is 0 Å². The first-order chi connectivity index (χ1) is 17.2. The Bertz CT molecular complexity index is 1540. The Morgan fingerprint density at radius 3 is 2.72 bits per heavy atom. The molecule has 0 saturated carbocycles. The van der Waals surface area contributed by atoms with Crippen LogP contribution < -0.4 is 5.73 Å². The molecule has 0 aliphatic heterocycles. The minimum atomic E-state index is -1.49. The predicted molar refractivity (Wildman–Crippen MR) is 136 cm³/mol. The summed E-state index contributed by atoms with van der Waals surface area (Å²) in [6.07, 6.45) is -3.98. The fourth-order valence-electron chi connectivity index (χ4n) is 5.25. The highest BCUT2D eigenvalue weighted by Crippen LogP contribution is 2.45. The molecule has 3 N–H and O–H groups in total. The number of hydrogen-bond donors (Lipinski definition) is 2. The Balaban J connectivity index is 1.68. The summed E-state index contributed by atoms with van der Waals surface area (Å²) < 4.78 is 44.8. The Morgan fingerprint density at radius 1 is 1.25 bits per heavy atom. The molecule has 5 rings (SSSR count). The van der Waals surface area contributed by atoms with E-state index in [1.165, 1.54) is 11.3 Å². The Kier molecular flexibility index (Phi) is 6.23. The van der Waals surface area contributed by atoms with E-state index in [2.05, 4.69) is 4.98 Å². The number of nitrogens with two attached hydrogens (primary N) is 1. The van der Waals surface area contributed by atoms with Gasteiger partial charge in [0.15, 0.2) is 5.13 Å². The number of halogens is 3. The van der Waals surface area contributed by atoms with Gasteiger partial charge in [-0.05, 0) is 82.5 Å². The summed E-state index contributed by atoms with van der Waals surface area (Å²) in [6, 6.07) is 11.6. The largest absolute Gasteiger partial charge is 0.385 e. The van der Waals surface area contributed by atoms with Crippen LogP contribution in [-0.4, -0.2) is 16.3 Å². The average Bonchev–Trinajstić information content (AvgIpc) is 3.39. The molecule has 0 fully saturated rings. The molecular formula is C28H24F3N3OS. The van der Waals surface area contributed by atoms with Crippen molar-refractivity contribution in [1.29, 1.82) is 5.26 Å². The summed E-state index contributed by atoms with van der Waals surface area (Å²) >= 11 is 1.37. The average molecular weight is 508 g/mol. The summed E-state index contributed by atoms with van der Waals surface area (Å²) in [7, 11) is 0. The molecule has 4 nitrogen and oxygen atoms in total. The van der Waals surface area contributed by atoms with Crippen molar-refractivity contribution in [3.63, 3.8) is 0 Å². The van der Waals surface area contributed by atoms with Gasteiger partial charge in [0.1, 0.15) is 24.3 Å². The topological polar surface area (TPSA) is 82.9 Å². The third kappa shape index (κ3) is 3.93. The normalized spacial score (nSPS) is 17.8. The van der Waals surface area contributed by atoms with Gasteiger partial charge in [-0.25, -0.2) is 18.2 Å². The summed E-state index contributed by atoms with van der Waals surface area (Å²) in [6.45, 7) is 3.60. The number of benzene rings is 3. The lowest BCUT2D eigenvalue weighted by molar-refractivity contribution is 0.0929. The standard InChI is InChI=1S/C28H24F3N3OS/c1-3-22(30)21-10-16(29)8-15(12-32)19(21)9-14-4-5-18(25-20(14)11-23(31)26(25)35)17-6-7-24-27(13(17)2)36-28(33)34-24/h4-8,10,22-23,26,35H,3,9,11H2,1-2H3,(H2,33,34). The number of nitrogens with zero attached hydrogens (tertiary/aromatic N) is 2. The molecule has 4 aromatic rings. The zero-order valence-electron chi connectivity index (χ0n) is 19.8. The highest BCUT2D eigenvalue weighted by molar-refractivity contribution is 7.22. The number of rotatable bonds is 5. The minimum absolute atomic E-state index is 0.000281. The number of aromatic nitrogens is 1. The molecule has 0 saturated heterocycles. The van der Waals surface area contributed by atoms with Crippen LogP contribution in [0.25, 0.3) is 21.3 Å². The molecule has 184 valence electrons. The molecule has 1 aromatic heterocycles. The molecule has 3 unspecified atom stereocenters. The molecular weight excluding hydrogens is 483 g/mol. The predicted octanol–water partition coefficient (Wildman–Crippen LogP) is 6.80. The number of aliphatic hydroxyl groups is 1. The molecule has 3 atom stereocenters. The lowest BCUT2D eigenvalue weighted by Gasteiger charge is -2.19. The number of aliphatic hydroxyl groups excluding tert-OH is 1. The Hall–Kier alpha value is -3.41. The lowest BCUT2D eigenvalue weighted by Crippen LogP contribution is -2.07. The van der Waals surface area contributed by atoms with Crippen LogP contribution in [0, 0.1) is 24.1 Å². The van der Waals surface area contributed by atoms with Gasteiger partial charge in [0, 0.05) is 6.42 Å². The van der Waals surface area contributed by atoms with Crippen molar-refractivity contribution in [3.05, 3.63) is 81.2 Å². The Morgan fingerprint density at radius 2 is 2.00 bits per heavy atom. The van der Waals surface area contributed by atoms with Crippen LogP contribution in [0.3, 0.4) is 0 Å². The van der Waals surface area contributed by atoms with E-state index >= 15 is 0 Å². The molecule has 36 heavy (non-hydrogen) atoms. The van der Waals surface area contributed by atoms with E-state index in [9.17, 15) is 23.5 Å². The number of nitriles is 1. The number of aryl methyl sites for hydroxylation is 1. The molecule has 0 bridgehead atoms. The van der Waals surface area contributed by atoms with E-state index in [-0.39, 0.29) is 30.4 Å². The van der Waals surface area contributed by atoms with Crippen molar-refractivity contribution in [3.8, 4) is 17.2 Å². The number of hydrogen-bond acceptors (Lipinski definition) is 5. The quantitative estimate of drug-likeness (QED) is 0.311. The number of nitrogen functional groups attached to an aromatic ring is 1. The SMILES string of the molecule is CCC(F)c1cc(F)cc(C#N)c1Cc1ccc(-c2ccc3nc(N)sc3c2C)c2c1CC(F)C2O. The van der Waals surface area contributed by atoms with Gasteiger partial charge in [-0.15, -0.1) is 0 Å². The molecule has 1 aliphatic carbocycles. The fraction of sp³-hybridized carbons (Fsp3) is 0.286. The first-order valence-electron chi connectivity index (χ1n) is 11.7. The van der Waals surface area contributed by atoms with Gasteiger partial charge in [0.25, 0.3) is 0 Å². The minimum Gasteiger partial charge on any atom is -0.385 e. The van der Waals surface area contributed by atoms with Crippen LogP contribution in [0.2, 0.25) is 0 Å². The van der Waals surface area contributed by atoms with Crippen LogP contribution in [0.15, 0.2) is 36.4 Å². The van der Waals surface area contributed by atoms with Gasteiger partial charge in [-0.1, -0.05) is 36.5 Å². The molecule has 0 spiro atoms. The lowest BCUT2D eigenvalue weighted by atomic mass is 9.86. The van der Waals surface area contributed by atoms with Crippen LogP contribution >= 0.6 is 11.3 Å². The van der Waals surface area contributed by atoms with Gasteiger partial charge in [0.05, 0.1) is 21.8 Å². The van der Waals surface area contributed by atoms with Crippen molar-refractivity contribution in [1.82, 2.24) is 4.98 Å². The van der Waals surface area contributed by atoms with Gasteiger partial charge < -0.3 is 10.8 Å². The van der Waals surface area contributed by atoms with Crippen LogP contribution in [0.5, 0.6) is 0 Å². The maximum absolute atomic E-state index is 14.9. The first kappa shape index (κ1) is 24.3. The van der Waals surface area contributed by atoms with E-state index in [4.69, 9.17) is 5.73 Å². The highest BCUT2D eigenvalue weighted by atomic mass is 32.1. The highest BCUT2D eigenvalue weighted by Gasteiger charge is 2.36. The van der Waals surface area contributed by atoms with Crippen LogP contribution in [-0.2, 0) is 12.8 Å². The second-order valence-electron chi connectivity index (χ2n) is 9.15. The zero-order valence-corrected chi connectivity index (χ0v) is 20.6. The third-order valence-corrected chi connectivity index (χ3v) is 8.06. The van der Waals surface area contributed by atoms with Crippen molar-refractivity contribution < 1.29 is 18.3 Å². The van der Waals surface area contributed by atoms with E-state index in [1.54, 1.807) is 6.92 Å². The fourth-order valence-corrected chi connectivity index (χ4v) is 6.09. The van der Waals surface area contributed by atoms with Crippen LogP contribution in [0.4, 0.5) is 18.3 Å². The van der Waals surface area contributed by atoms with E-state index in [1.807, 2.05) is 37.3 Å². The van der Waals surface area contributed by atoms with Crippen molar-refractivity contribution in [2.24, 2.45) is 0 Å². The summed E-state index contributed by atoms with van der Waals surface area (Å²) in [5.41, 5.74) is 11.5. The number of fused-ring (bicyclic) bond motifs is 2. The van der Waals surface area contributed by atoms with E-state index < -0.39 is 24.3 Å². The molecule has 0 radical (unpaired) electrons. The third-order valence-electron chi connectivity index (χ3n) is 7.04. The first-order valence-corrected chi connectivity index (χ1v) is 12.5. The maximum Gasteiger partial charge on any atom is 0.181 e. The monoisotopic (exact) mass is 507 g/mol. The van der Waals surface area contributed by atoms with E-state index in [0.717, 1.165) is 33.5 Å².